The van der Waals surface area contributed by atoms with Crippen molar-refractivity contribution in [2.24, 2.45) is 0 Å². The van der Waals surface area contributed by atoms with Gasteiger partial charge in [-0.2, -0.15) is 5.10 Å². The third-order valence-corrected chi connectivity index (χ3v) is 3.48. The number of aryl methyl sites for hydroxylation is 1. The smallest absolute Gasteiger partial charge is 0.148 e. The van der Waals surface area contributed by atoms with Crippen molar-refractivity contribution < 1.29 is 4.74 Å². The van der Waals surface area contributed by atoms with Crippen LogP contribution in [0.15, 0.2) is 0 Å². The zero-order valence-electron chi connectivity index (χ0n) is 11.8. The number of nitrogens with one attached hydrogen (secondary N) is 1. The Balaban J connectivity index is 2.27. The lowest BCUT2D eigenvalue weighted by Gasteiger charge is -2.35. The van der Waals surface area contributed by atoms with Crippen LogP contribution in [0.25, 0.3) is 0 Å². The molecule has 5 nitrogen and oxygen atoms in total. The Labute approximate surface area is 109 Å². The second kappa shape index (κ2) is 4.80. The summed E-state index contributed by atoms with van der Waals surface area (Å²) in [7, 11) is 0. The van der Waals surface area contributed by atoms with Crippen molar-refractivity contribution in [2.45, 2.75) is 52.1 Å². The third-order valence-electron chi connectivity index (χ3n) is 3.48. The molecule has 0 aromatic carbocycles. The molecule has 1 atom stereocenters. The van der Waals surface area contributed by atoms with Gasteiger partial charge in [-0.3, -0.25) is 0 Å². The van der Waals surface area contributed by atoms with Gasteiger partial charge in [0.05, 0.1) is 23.5 Å². The van der Waals surface area contributed by atoms with Gasteiger partial charge in [-0.25, -0.2) is 4.68 Å². The van der Waals surface area contributed by atoms with E-state index in [1.165, 1.54) is 0 Å². The molecule has 5 heteroatoms. The lowest BCUT2D eigenvalue weighted by atomic mass is 9.95. The highest BCUT2D eigenvalue weighted by Gasteiger charge is 2.30. The Morgan fingerprint density at radius 2 is 2.22 bits per heavy atom. The van der Waals surface area contributed by atoms with Crippen LogP contribution in [0.3, 0.4) is 0 Å². The summed E-state index contributed by atoms with van der Waals surface area (Å²) >= 11 is 0. The molecule has 1 aliphatic heterocycles. The van der Waals surface area contributed by atoms with E-state index in [9.17, 15) is 0 Å². The van der Waals surface area contributed by atoms with E-state index in [1.54, 1.807) is 0 Å². The molecule has 102 valence electrons. The number of hydrogen-bond acceptors (Lipinski definition) is 4. The van der Waals surface area contributed by atoms with E-state index in [-0.39, 0.29) is 11.6 Å². The van der Waals surface area contributed by atoms with Crippen molar-refractivity contribution in [2.75, 3.05) is 24.3 Å². The molecule has 1 saturated heterocycles. The maximum Gasteiger partial charge on any atom is 0.148 e. The van der Waals surface area contributed by atoms with Gasteiger partial charge in [0.1, 0.15) is 5.82 Å². The topological polar surface area (TPSA) is 65.1 Å². The monoisotopic (exact) mass is 252 g/mol. The molecule has 0 radical (unpaired) electrons. The van der Waals surface area contributed by atoms with Crippen molar-refractivity contribution in [3.63, 3.8) is 0 Å². The highest BCUT2D eigenvalue weighted by atomic mass is 16.5. The average Bonchev–Trinajstić information content (AvgIpc) is 2.58. The minimum Gasteiger partial charge on any atom is -0.394 e. The first-order valence-corrected chi connectivity index (χ1v) is 6.63. The average molecular weight is 252 g/mol. The lowest BCUT2D eigenvalue weighted by Crippen LogP contribution is -2.43. The minimum absolute atomic E-state index is 0.0501. The molecule has 0 bridgehead atoms. The SMILES string of the molecule is Cc1nn(C(C)C)c(NC2(C)CCCOC2)c1N. The summed E-state index contributed by atoms with van der Waals surface area (Å²) in [6.45, 7) is 9.91. The van der Waals surface area contributed by atoms with Crippen LogP contribution in [0.1, 0.15) is 45.3 Å². The molecule has 1 aliphatic rings. The molecule has 0 amide bonds. The van der Waals surface area contributed by atoms with E-state index in [0.717, 1.165) is 43.3 Å². The summed E-state index contributed by atoms with van der Waals surface area (Å²) in [4.78, 5) is 0. The zero-order valence-corrected chi connectivity index (χ0v) is 11.8. The number of aromatic nitrogens is 2. The predicted octanol–water partition coefficient (Wildman–Crippen LogP) is 2.34. The van der Waals surface area contributed by atoms with Crippen molar-refractivity contribution in [3.05, 3.63) is 5.69 Å². The molecule has 2 heterocycles. The predicted molar refractivity (Wildman–Crippen MR) is 73.8 cm³/mol. The van der Waals surface area contributed by atoms with Gasteiger partial charge >= 0.3 is 0 Å². The Morgan fingerprint density at radius 1 is 1.50 bits per heavy atom. The fourth-order valence-electron chi connectivity index (χ4n) is 2.38. The summed E-state index contributed by atoms with van der Waals surface area (Å²) in [5, 5.41) is 8.04. The molecule has 0 spiro atoms. The van der Waals surface area contributed by atoms with Gasteiger partial charge in [-0.05, 0) is 40.5 Å². The Hall–Kier alpha value is -1.23. The van der Waals surface area contributed by atoms with E-state index < -0.39 is 0 Å². The van der Waals surface area contributed by atoms with Gasteiger partial charge in [0.2, 0.25) is 0 Å². The van der Waals surface area contributed by atoms with Crippen LogP contribution in [0.4, 0.5) is 11.5 Å². The number of rotatable bonds is 3. The molecule has 1 aromatic heterocycles. The first kappa shape index (κ1) is 13.2. The van der Waals surface area contributed by atoms with Gasteiger partial charge in [-0.1, -0.05) is 0 Å². The van der Waals surface area contributed by atoms with Crippen LogP contribution >= 0.6 is 0 Å². The summed E-state index contributed by atoms with van der Waals surface area (Å²) in [5.41, 5.74) is 7.71. The molecule has 2 rings (SSSR count). The minimum atomic E-state index is -0.0501. The van der Waals surface area contributed by atoms with Crippen molar-refractivity contribution >= 4 is 11.5 Å². The van der Waals surface area contributed by atoms with Gasteiger partial charge in [0.15, 0.2) is 0 Å². The van der Waals surface area contributed by atoms with Gasteiger partial charge < -0.3 is 15.8 Å². The standard InChI is InChI=1S/C13H24N4O/c1-9(2)17-12(11(14)10(3)16-17)15-13(4)6-5-7-18-8-13/h9,15H,5-8,14H2,1-4H3. The number of ether oxygens (including phenoxy) is 1. The molecule has 1 fully saturated rings. The van der Waals surface area contributed by atoms with Crippen molar-refractivity contribution in [1.29, 1.82) is 0 Å². The quantitative estimate of drug-likeness (QED) is 0.866. The summed E-state index contributed by atoms with van der Waals surface area (Å²) in [5.74, 6) is 0.926. The molecular weight excluding hydrogens is 228 g/mol. The largest absolute Gasteiger partial charge is 0.394 e. The summed E-state index contributed by atoms with van der Waals surface area (Å²) in [6.07, 6.45) is 2.17. The van der Waals surface area contributed by atoms with Crippen molar-refractivity contribution in [1.82, 2.24) is 9.78 Å². The molecule has 1 unspecified atom stereocenters. The second-order valence-electron chi connectivity index (χ2n) is 5.73. The number of nitrogen functional groups attached to an aromatic ring is 1. The van der Waals surface area contributed by atoms with E-state index in [4.69, 9.17) is 10.5 Å². The fraction of sp³-hybridized carbons (Fsp3) is 0.769. The molecular formula is C13H24N4O. The first-order chi connectivity index (χ1) is 8.43. The Bertz CT molecular complexity index is 419. The van der Waals surface area contributed by atoms with Crippen molar-refractivity contribution in [3.8, 4) is 0 Å². The van der Waals surface area contributed by atoms with Crippen LogP contribution in [0.5, 0.6) is 0 Å². The van der Waals surface area contributed by atoms with E-state index in [2.05, 4.69) is 31.2 Å². The highest BCUT2D eigenvalue weighted by molar-refractivity contribution is 5.65. The number of anilines is 2. The molecule has 0 aliphatic carbocycles. The normalized spacial score (nSPS) is 24.5. The van der Waals surface area contributed by atoms with E-state index in [0.29, 0.717) is 0 Å². The first-order valence-electron chi connectivity index (χ1n) is 6.63. The number of hydrogen-bond donors (Lipinski definition) is 2. The highest BCUT2D eigenvalue weighted by Crippen LogP contribution is 2.31. The van der Waals surface area contributed by atoms with E-state index >= 15 is 0 Å². The molecule has 1 aromatic rings. The van der Waals surface area contributed by atoms with Gasteiger partial charge in [0.25, 0.3) is 0 Å². The van der Waals surface area contributed by atoms with Crippen LogP contribution in [0, 0.1) is 6.92 Å². The van der Waals surface area contributed by atoms with Crippen LogP contribution < -0.4 is 11.1 Å². The Kier molecular flexibility index (Phi) is 3.52. The lowest BCUT2D eigenvalue weighted by molar-refractivity contribution is 0.0537. The van der Waals surface area contributed by atoms with Gasteiger partial charge in [-0.15, -0.1) is 0 Å². The van der Waals surface area contributed by atoms with Gasteiger partial charge in [0, 0.05) is 12.6 Å². The molecule has 18 heavy (non-hydrogen) atoms. The zero-order chi connectivity index (χ0) is 13.3. The second-order valence-corrected chi connectivity index (χ2v) is 5.73. The third kappa shape index (κ3) is 2.46. The molecule has 0 saturated carbocycles. The molecule has 3 N–H and O–H groups in total. The maximum absolute atomic E-state index is 6.13. The van der Waals surface area contributed by atoms with Crippen LogP contribution in [-0.2, 0) is 4.74 Å². The summed E-state index contributed by atoms with van der Waals surface area (Å²) in [6, 6.07) is 0.289. The number of nitrogens with two attached hydrogens (primary N) is 1. The fourth-order valence-corrected chi connectivity index (χ4v) is 2.38. The maximum atomic E-state index is 6.13. The van der Waals surface area contributed by atoms with Crippen LogP contribution in [0.2, 0.25) is 0 Å². The number of nitrogens with zero attached hydrogens (tertiary/aromatic N) is 2. The van der Waals surface area contributed by atoms with E-state index in [1.807, 2.05) is 11.6 Å². The Morgan fingerprint density at radius 3 is 2.78 bits per heavy atom. The van der Waals surface area contributed by atoms with Crippen LogP contribution in [-0.4, -0.2) is 28.5 Å². The summed E-state index contributed by atoms with van der Waals surface area (Å²) < 4.78 is 7.53.